The summed E-state index contributed by atoms with van der Waals surface area (Å²) in [5.74, 6) is -1.94. The Hall–Kier alpha value is -1.01. The van der Waals surface area contributed by atoms with Crippen LogP contribution in [0, 0.1) is 17.6 Å². The van der Waals surface area contributed by atoms with Crippen LogP contribution in [0.5, 0.6) is 0 Å². The Labute approximate surface area is 111 Å². The van der Waals surface area contributed by atoms with Crippen LogP contribution in [0.3, 0.4) is 0 Å². The molecule has 0 heterocycles. The summed E-state index contributed by atoms with van der Waals surface area (Å²) in [5.41, 5.74) is 5.89. The van der Waals surface area contributed by atoms with Gasteiger partial charge < -0.3 is 5.73 Å². The van der Waals surface area contributed by atoms with Crippen molar-refractivity contribution in [2.75, 3.05) is 0 Å². The van der Waals surface area contributed by atoms with Crippen LogP contribution in [-0.2, 0) is 9.84 Å². The average Bonchev–Trinajstić information content (AvgIpc) is 2.35. The largest absolute Gasteiger partial charge is 0.327 e. The van der Waals surface area contributed by atoms with E-state index in [2.05, 4.69) is 0 Å². The molecule has 6 heteroatoms. The molecule has 3 nitrogen and oxygen atoms in total. The van der Waals surface area contributed by atoms with E-state index in [-0.39, 0.29) is 10.8 Å². The van der Waals surface area contributed by atoms with E-state index in [1.165, 1.54) is 0 Å². The predicted octanol–water partition coefficient (Wildman–Crippen LogP) is 2.25. The van der Waals surface area contributed by atoms with E-state index in [1.54, 1.807) is 0 Å². The molecule has 0 bridgehead atoms. The molecule has 0 spiro atoms. The molecule has 1 aromatic carbocycles. The van der Waals surface area contributed by atoms with E-state index >= 15 is 0 Å². The van der Waals surface area contributed by atoms with Gasteiger partial charge in [0.2, 0.25) is 0 Å². The molecule has 19 heavy (non-hydrogen) atoms. The SMILES string of the molecule is CC1CCC(N)C(S(=O)(=O)c2ccc(F)c(F)c2)C1. The van der Waals surface area contributed by atoms with Crippen LogP contribution in [0.25, 0.3) is 0 Å². The molecule has 0 aromatic heterocycles. The van der Waals surface area contributed by atoms with E-state index < -0.39 is 32.8 Å². The lowest BCUT2D eigenvalue weighted by Gasteiger charge is -2.32. The van der Waals surface area contributed by atoms with Crippen LogP contribution in [0.15, 0.2) is 23.1 Å². The molecule has 2 rings (SSSR count). The second kappa shape index (κ2) is 5.17. The van der Waals surface area contributed by atoms with Gasteiger partial charge in [-0.15, -0.1) is 0 Å². The summed E-state index contributed by atoms with van der Waals surface area (Å²) < 4.78 is 50.9. The number of hydrogen-bond donors (Lipinski definition) is 1. The highest BCUT2D eigenvalue weighted by molar-refractivity contribution is 7.92. The molecule has 106 valence electrons. The summed E-state index contributed by atoms with van der Waals surface area (Å²) in [6.07, 6.45) is 1.99. The fourth-order valence-corrected chi connectivity index (χ4v) is 4.59. The topological polar surface area (TPSA) is 60.2 Å². The number of halogens is 2. The van der Waals surface area contributed by atoms with Gasteiger partial charge in [0.05, 0.1) is 10.1 Å². The van der Waals surface area contributed by atoms with Gasteiger partial charge in [0.1, 0.15) is 0 Å². The highest BCUT2D eigenvalue weighted by Crippen LogP contribution is 2.31. The molecule has 1 aliphatic carbocycles. The maximum Gasteiger partial charge on any atom is 0.182 e. The van der Waals surface area contributed by atoms with Gasteiger partial charge in [-0.2, -0.15) is 0 Å². The van der Waals surface area contributed by atoms with E-state index in [4.69, 9.17) is 5.73 Å². The molecule has 2 N–H and O–H groups in total. The number of rotatable bonds is 2. The minimum atomic E-state index is -3.72. The summed E-state index contributed by atoms with van der Waals surface area (Å²) >= 11 is 0. The highest BCUT2D eigenvalue weighted by atomic mass is 32.2. The van der Waals surface area contributed by atoms with Crippen LogP contribution in [-0.4, -0.2) is 19.7 Å². The maximum atomic E-state index is 13.2. The molecule has 3 atom stereocenters. The normalized spacial score (nSPS) is 28.3. The number of sulfone groups is 1. The maximum absolute atomic E-state index is 13.2. The Morgan fingerprint density at radius 2 is 1.89 bits per heavy atom. The first kappa shape index (κ1) is 14.4. The van der Waals surface area contributed by atoms with Crippen LogP contribution in [0.1, 0.15) is 26.2 Å². The third-order valence-electron chi connectivity index (χ3n) is 3.72. The van der Waals surface area contributed by atoms with E-state index in [9.17, 15) is 17.2 Å². The summed E-state index contributed by atoms with van der Waals surface area (Å²) in [4.78, 5) is -0.194. The Morgan fingerprint density at radius 3 is 2.53 bits per heavy atom. The Bertz CT molecular complexity index is 574. The molecular formula is C13H17F2NO2S. The van der Waals surface area contributed by atoms with Crippen LogP contribution in [0.2, 0.25) is 0 Å². The average molecular weight is 289 g/mol. The second-order valence-electron chi connectivity index (χ2n) is 5.24. The third kappa shape index (κ3) is 2.79. The fourth-order valence-electron chi connectivity index (χ4n) is 2.54. The zero-order valence-electron chi connectivity index (χ0n) is 10.6. The smallest absolute Gasteiger partial charge is 0.182 e. The molecule has 1 fully saturated rings. The Balaban J connectivity index is 2.38. The van der Waals surface area contributed by atoms with Crippen molar-refractivity contribution >= 4 is 9.84 Å². The summed E-state index contributed by atoms with van der Waals surface area (Å²) in [5, 5.41) is -0.721. The molecule has 0 radical (unpaired) electrons. The quantitative estimate of drug-likeness (QED) is 0.850. The van der Waals surface area contributed by atoms with Crippen molar-refractivity contribution < 1.29 is 17.2 Å². The van der Waals surface area contributed by atoms with E-state index in [0.29, 0.717) is 12.8 Å². The van der Waals surface area contributed by atoms with Crippen molar-refractivity contribution in [1.82, 2.24) is 0 Å². The number of nitrogens with two attached hydrogens (primary N) is 1. The van der Waals surface area contributed by atoms with Gasteiger partial charge in [0.15, 0.2) is 21.5 Å². The summed E-state index contributed by atoms with van der Waals surface area (Å²) in [6.45, 7) is 1.97. The van der Waals surface area contributed by atoms with Crippen molar-refractivity contribution in [1.29, 1.82) is 0 Å². The minimum Gasteiger partial charge on any atom is -0.327 e. The first-order chi connectivity index (χ1) is 8.82. The zero-order chi connectivity index (χ0) is 14.2. The molecule has 0 saturated heterocycles. The van der Waals surface area contributed by atoms with Gasteiger partial charge in [0.25, 0.3) is 0 Å². The van der Waals surface area contributed by atoms with Gasteiger partial charge in [-0.1, -0.05) is 6.92 Å². The second-order valence-corrected chi connectivity index (χ2v) is 7.41. The lowest BCUT2D eigenvalue weighted by atomic mass is 9.87. The van der Waals surface area contributed by atoms with Crippen molar-refractivity contribution in [3.63, 3.8) is 0 Å². The predicted molar refractivity (Wildman–Crippen MR) is 68.3 cm³/mol. The molecular weight excluding hydrogens is 272 g/mol. The third-order valence-corrected chi connectivity index (χ3v) is 5.97. The molecule has 3 unspecified atom stereocenters. The lowest BCUT2D eigenvalue weighted by Crippen LogP contribution is -2.44. The van der Waals surface area contributed by atoms with Gasteiger partial charge >= 0.3 is 0 Å². The molecule has 0 amide bonds. The Morgan fingerprint density at radius 1 is 1.21 bits per heavy atom. The summed E-state index contributed by atoms with van der Waals surface area (Å²) in [6, 6.07) is 2.21. The van der Waals surface area contributed by atoms with Crippen molar-refractivity contribution in [3.05, 3.63) is 29.8 Å². The highest BCUT2D eigenvalue weighted by Gasteiger charge is 2.37. The summed E-state index contributed by atoms with van der Waals surface area (Å²) in [7, 11) is -3.72. The lowest BCUT2D eigenvalue weighted by molar-refractivity contribution is 0.346. The zero-order valence-corrected chi connectivity index (χ0v) is 11.5. The standard InChI is InChI=1S/C13H17F2NO2S/c1-8-2-5-12(16)13(6-8)19(17,18)9-3-4-10(14)11(15)7-9/h3-4,7-8,12-13H,2,5-6,16H2,1H3. The molecule has 1 saturated carbocycles. The van der Waals surface area contributed by atoms with Gasteiger partial charge in [-0.25, -0.2) is 17.2 Å². The van der Waals surface area contributed by atoms with E-state index in [1.807, 2.05) is 6.92 Å². The minimum absolute atomic E-state index is 0.194. The van der Waals surface area contributed by atoms with Crippen LogP contribution in [0.4, 0.5) is 8.78 Å². The van der Waals surface area contributed by atoms with Gasteiger partial charge in [-0.05, 0) is 43.4 Å². The fraction of sp³-hybridized carbons (Fsp3) is 0.538. The van der Waals surface area contributed by atoms with Crippen molar-refractivity contribution in [3.8, 4) is 0 Å². The first-order valence-electron chi connectivity index (χ1n) is 6.27. The van der Waals surface area contributed by atoms with Crippen LogP contribution < -0.4 is 5.73 Å². The van der Waals surface area contributed by atoms with Gasteiger partial charge in [0, 0.05) is 6.04 Å². The molecule has 0 aliphatic heterocycles. The molecule has 1 aliphatic rings. The first-order valence-corrected chi connectivity index (χ1v) is 7.81. The number of hydrogen-bond acceptors (Lipinski definition) is 3. The monoisotopic (exact) mass is 289 g/mol. The van der Waals surface area contributed by atoms with Gasteiger partial charge in [-0.3, -0.25) is 0 Å². The molecule has 1 aromatic rings. The van der Waals surface area contributed by atoms with Crippen molar-refractivity contribution in [2.45, 2.75) is 42.4 Å². The Kier molecular flexibility index (Phi) is 3.92. The van der Waals surface area contributed by atoms with E-state index in [0.717, 1.165) is 24.6 Å². The number of benzene rings is 1. The van der Waals surface area contributed by atoms with Crippen molar-refractivity contribution in [2.24, 2.45) is 11.7 Å². The van der Waals surface area contributed by atoms with Crippen LogP contribution >= 0.6 is 0 Å².